The Morgan fingerprint density at radius 3 is 2.47 bits per heavy atom. The SMILES string of the molecule is CCOC(=O)C1=C(C)N=c2s/c(=C/c3c(C)n(Cc4ccc([N+](=O)[O-])cc4)c4ccccc34)c(=O)n2[C@@H]1c1ccccc1OC(C)C. The second-order valence-electron chi connectivity index (χ2n) is 11.5. The molecule has 0 fully saturated rings. The molecule has 47 heavy (non-hydrogen) atoms. The van der Waals surface area contributed by atoms with E-state index in [0.29, 0.717) is 38.5 Å². The first kappa shape index (κ1) is 31.7. The molecule has 11 heteroatoms. The molecule has 0 saturated carbocycles. The van der Waals surface area contributed by atoms with Crippen LogP contribution in [0.3, 0.4) is 0 Å². The van der Waals surface area contributed by atoms with Crippen molar-refractivity contribution in [3.8, 4) is 5.75 Å². The highest BCUT2D eigenvalue weighted by Gasteiger charge is 2.35. The minimum atomic E-state index is -0.799. The largest absolute Gasteiger partial charge is 0.491 e. The first-order valence-corrected chi connectivity index (χ1v) is 16.2. The van der Waals surface area contributed by atoms with E-state index in [9.17, 15) is 19.7 Å². The zero-order valence-corrected chi connectivity index (χ0v) is 27.5. The summed E-state index contributed by atoms with van der Waals surface area (Å²) >= 11 is 1.27. The second-order valence-corrected chi connectivity index (χ2v) is 12.5. The fourth-order valence-corrected chi connectivity index (χ4v) is 7.06. The number of non-ortho nitro benzene ring substituents is 1. The number of allylic oxidation sites excluding steroid dienone is 1. The van der Waals surface area contributed by atoms with Gasteiger partial charge in [-0.05, 0) is 58.4 Å². The van der Waals surface area contributed by atoms with E-state index < -0.39 is 16.9 Å². The second kappa shape index (κ2) is 12.8. The Balaban J connectivity index is 1.53. The number of hydrogen-bond donors (Lipinski definition) is 0. The van der Waals surface area contributed by atoms with E-state index in [0.717, 1.165) is 27.7 Å². The Hall–Kier alpha value is -5.29. The van der Waals surface area contributed by atoms with Crippen LogP contribution in [0.1, 0.15) is 56.1 Å². The van der Waals surface area contributed by atoms with Crippen molar-refractivity contribution in [3.05, 3.63) is 136 Å². The summed E-state index contributed by atoms with van der Waals surface area (Å²) in [5.41, 5.74) is 4.91. The van der Waals surface area contributed by atoms with Crippen molar-refractivity contribution >= 4 is 40.0 Å². The van der Waals surface area contributed by atoms with Crippen LogP contribution >= 0.6 is 11.3 Å². The minimum absolute atomic E-state index is 0.0388. The molecule has 0 bridgehead atoms. The highest BCUT2D eigenvalue weighted by Crippen LogP contribution is 2.36. The van der Waals surface area contributed by atoms with Gasteiger partial charge in [-0.2, -0.15) is 0 Å². The number of hydrogen-bond acceptors (Lipinski definition) is 8. The smallest absolute Gasteiger partial charge is 0.338 e. The summed E-state index contributed by atoms with van der Waals surface area (Å²) in [6.45, 7) is 10.0. The summed E-state index contributed by atoms with van der Waals surface area (Å²) in [5.74, 6) is 0.0428. The number of thiazole rings is 1. The van der Waals surface area contributed by atoms with Gasteiger partial charge < -0.3 is 14.0 Å². The fraction of sp³-hybridized carbons (Fsp3) is 0.250. The first-order chi connectivity index (χ1) is 22.6. The number of carbonyl (C=O) groups excluding carboxylic acids is 1. The third-order valence-electron chi connectivity index (χ3n) is 8.14. The molecule has 0 aliphatic carbocycles. The lowest BCUT2D eigenvalue weighted by Crippen LogP contribution is -2.40. The number of nitro groups is 1. The van der Waals surface area contributed by atoms with E-state index >= 15 is 0 Å². The Labute approximate surface area is 274 Å². The molecular weight excluding hydrogens is 616 g/mol. The number of para-hydroxylation sites is 2. The lowest BCUT2D eigenvalue weighted by atomic mass is 9.95. The summed E-state index contributed by atoms with van der Waals surface area (Å²) in [4.78, 5) is 43.8. The van der Waals surface area contributed by atoms with Crippen LogP contribution in [0.15, 0.2) is 93.9 Å². The normalized spacial score (nSPS) is 14.8. The molecular formula is C36H34N4O6S. The van der Waals surface area contributed by atoms with Gasteiger partial charge in [0.2, 0.25) is 0 Å². The molecule has 6 rings (SSSR count). The molecule has 1 atom stereocenters. The van der Waals surface area contributed by atoms with Crippen LogP contribution in [-0.2, 0) is 16.1 Å². The third kappa shape index (κ3) is 5.90. The predicted molar refractivity (Wildman–Crippen MR) is 181 cm³/mol. The number of carbonyl (C=O) groups is 1. The van der Waals surface area contributed by atoms with Gasteiger partial charge in [0.1, 0.15) is 11.8 Å². The zero-order valence-electron chi connectivity index (χ0n) is 26.7. The maximum Gasteiger partial charge on any atom is 0.338 e. The van der Waals surface area contributed by atoms with Crippen molar-refractivity contribution in [2.24, 2.45) is 4.99 Å². The standard InChI is InChI=1S/C36H34N4O6S/c1-6-45-35(42)32-22(4)37-36-39(33(32)27-12-8-10-14-30(27)46-21(2)3)34(41)31(47-36)19-28-23(5)38(29-13-9-7-11-26(28)29)20-24-15-17-25(18-16-24)40(43)44/h7-19,21,33H,6,20H2,1-5H3/b31-19+/t33-/m1/s1. The Morgan fingerprint density at radius 2 is 1.77 bits per heavy atom. The van der Waals surface area contributed by atoms with Crippen molar-refractivity contribution in [1.29, 1.82) is 0 Å². The van der Waals surface area contributed by atoms with E-state index in [1.165, 1.54) is 23.5 Å². The van der Waals surface area contributed by atoms with Crippen molar-refractivity contribution < 1.29 is 19.2 Å². The molecule has 3 aromatic carbocycles. The number of fused-ring (bicyclic) bond motifs is 2. The number of ether oxygens (including phenoxy) is 2. The highest BCUT2D eigenvalue weighted by atomic mass is 32.1. The molecule has 240 valence electrons. The van der Waals surface area contributed by atoms with Crippen LogP contribution in [-0.4, -0.2) is 32.7 Å². The van der Waals surface area contributed by atoms with Crippen LogP contribution < -0.4 is 19.6 Å². The van der Waals surface area contributed by atoms with Gasteiger partial charge in [-0.15, -0.1) is 0 Å². The van der Waals surface area contributed by atoms with Gasteiger partial charge in [-0.25, -0.2) is 9.79 Å². The summed E-state index contributed by atoms with van der Waals surface area (Å²) in [6, 6.07) is 21.1. The van der Waals surface area contributed by atoms with E-state index in [2.05, 4.69) is 4.57 Å². The predicted octanol–water partition coefficient (Wildman–Crippen LogP) is 5.81. The molecule has 2 aromatic heterocycles. The number of rotatable bonds is 9. The van der Waals surface area contributed by atoms with Crippen LogP contribution in [0, 0.1) is 17.0 Å². The van der Waals surface area contributed by atoms with E-state index in [4.69, 9.17) is 14.5 Å². The summed E-state index contributed by atoms with van der Waals surface area (Å²) < 4.78 is 15.8. The lowest BCUT2D eigenvalue weighted by Gasteiger charge is -2.26. The molecule has 0 spiro atoms. The molecule has 3 heterocycles. The van der Waals surface area contributed by atoms with Crippen LogP contribution in [0.5, 0.6) is 5.75 Å². The summed E-state index contributed by atoms with van der Waals surface area (Å²) in [5, 5.41) is 12.1. The molecule has 10 nitrogen and oxygen atoms in total. The quantitative estimate of drug-likeness (QED) is 0.113. The number of benzene rings is 3. The Kier molecular flexibility index (Phi) is 8.65. The van der Waals surface area contributed by atoms with Gasteiger partial charge in [-0.1, -0.05) is 59.9 Å². The van der Waals surface area contributed by atoms with E-state index in [-0.39, 0.29) is 24.0 Å². The van der Waals surface area contributed by atoms with Gasteiger partial charge in [0.25, 0.3) is 11.2 Å². The van der Waals surface area contributed by atoms with Crippen LogP contribution in [0.4, 0.5) is 5.69 Å². The van der Waals surface area contributed by atoms with Gasteiger partial charge in [0.05, 0.1) is 33.4 Å². The molecule has 0 unspecified atom stereocenters. The van der Waals surface area contributed by atoms with Crippen molar-refractivity contribution in [2.45, 2.75) is 53.3 Å². The molecule has 0 N–H and O–H groups in total. The van der Waals surface area contributed by atoms with Crippen LogP contribution in [0.25, 0.3) is 17.0 Å². The van der Waals surface area contributed by atoms with E-state index in [1.807, 2.05) is 75.4 Å². The topological polar surface area (TPSA) is 118 Å². The minimum Gasteiger partial charge on any atom is -0.491 e. The average Bonchev–Trinajstić information content (AvgIpc) is 3.49. The Bertz CT molecular complexity index is 2240. The number of aromatic nitrogens is 2. The zero-order chi connectivity index (χ0) is 33.4. The molecule has 0 saturated heterocycles. The van der Waals surface area contributed by atoms with Gasteiger partial charge in [0.15, 0.2) is 4.80 Å². The summed E-state index contributed by atoms with van der Waals surface area (Å²) in [6.07, 6.45) is 1.76. The molecule has 0 amide bonds. The molecule has 1 aliphatic rings. The van der Waals surface area contributed by atoms with Gasteiger partial charge >= 0.3 is 5.97 Å². The van der Waals surface area contributed by atoms with E-state index in [1.54, 1.807) is 30.5 Å². The third-order valence-corrected chi connectivity index (χ3v) is 9.12. The number of nitrogens with zero attached hydrogens (tertiary/aromatic N) is 4. The molecule has 1 aliphatic heterocycles. The monoisotopic (exact) mass is 650 g/mol. The van der Waals surface area contributed by atoms with Crippen molar-refractivity contribution in [2.75, 3.05) is 6.61 Å². The number of esters is 1. The Morgan fingerprint density at radius 1 is 1.06 bits per heavy atom. The van der Waals surface area contributed by atoms with Gasteiger partial charge in [-0.3, -0.25) is 19.5 Å². The van der Waals surface area contributed by atoms with Crippen molar-refractivity contribution in [3.63, 3.8) is 0 Å². The first-order valence-electron chi connectivity index (χ1n) is 15.4. The maximum absolute atomic E-state index is 14.4. The maximum atomic E-state index is 14.4. The van der Waals surface area contributed by atoms with Crippen LogP contribution in [0.2, 0.25) is 0 Å². The molecule has 5 aromatic rings. The fourth-order valence-electron chi connectivity index (χ4n) is 6.03. The number of nitro benzene ring substituents is 1. The lowest BCUT2D eigenvalue weighted by molar-refractivity contribution is -0.384. The average molecular weight is 651 g/mol. The molecule has 0 radical (unpaired) electrons. The summed E-state index contributed by atoms with van der Waals surface area (Å²) in [7, 11) is 0. The van der Waals surface area contributed by atoms with Crippen molar-refractivity contribution in [1.82, 2.24) is 9.13 Å². The highest BCUT2D eigenvalue weighted by molar-refractivity contribution is 7.07. The van der Waals surface area contributed by atoms with Gasteiger partial charge in [0, 0.05) is 46.4 Å².